The number of hydrogen-bond donors (Lipinski definition) is 3. The van der Waals surface area contributed by atoms with Crippen molar-refractivity contribution in [1.82, 2.24) is 14.9 Å². The van der Waals surface area contributed by atoms with Gasteiger partial charge in [0, 0.05) is 12.8 Å². The number of aromatic nitrogens is 3. The number of benzene rings is 4. The van der Waals surface area contributed by atoms with Crippen LogP contribution in [0.5, 0.6) is 23.0 Å². The predicted molar refractivity (Wildman–Crippen MR) is 180 cm³/mol. The van der Waals surface area contributed by atoms with Crippen molar-refractivity contribution in [2.45, 2.75) is 12.8 Å². The Labute approximate surface area is 267 Å². The number of ether oxygens (including phenoxy) is 4. The Bertz CT molecular complexity index is 1620. The summed E-state index contributed by atoms with van der Waals surface area (Å²) in [6, 6.07) is 31.4. The first-order valence-corrected chi connectivity index (χ1v) is 14.6. The molecule has 0 aliphatic rings. The van der Waals surface area contributed by atoms with Gasteiger partial charge in [0.1, 0.15) is 0 Å². The molecule has 0 saturated heterocycles. The first kappa shape index (κ1) is 31.4. The van der Waals surface area contributed by atoms with Crippen molar-refractivity contribution in [1.29, 1.82) is 0 Å². The zero-order valence-corrected chi connectivity index (χ0v) is 25.7. The van der Waals surface area contributed by atoms with E-state index in [0.29, 0.717) is 36.2 Å². The lowest BCUT2D eigenvalue weighted by molar-refractivity contribution is 0.297. The maximum Gasteiger partial charge on any atom is 0.265 e. The van der Waals surface area contributed by atoms with Gasteiger partial charge in [0.05, 0.1) is 39.9 Å². The number of methoxy groups -OCH3 is 2. The second-order valence-electron chi connectivity index (χ2n) is 9.95. The monoisotopic (exact) mass is 620 g/mol. The number of nitrogens with two attached hydrogens (primary N) is 1. The van der Waals surface area contributed by atoms with E-state index in [1.807, 2.05) is 72.8 Å². The van der Waals surface area contributed by atoms with Crippen LogP contribution >= 0.6 is 0 Å². The molecule has 0 atom stereocenters. The molecule has 0 spiro atoms. The summed E-state index contributed by atoms with van der Waals surface area (Å²) in [5.41, 5.74) is 9.55. The maximum absolute atomic E-state index is 6.12. The van der Waals surface area contributed by atoms with Crippen LogP contribution in [-0.2, 0) is 12.8 Å². The predicted octanol–water partition coefficient (Wildman–Crippen LogP) is 5.14. The zero-order chi connectivity index (χ0) is 32.0. The number of nitrogen functional groups attached to an aromatic ring is 1. The zero-order valence-electron chi connectivity index (χ0n) is 25.7. The van der Waals surface area contributed by atoms with E-state index >= 15 is 0 Å². The molecule has 5 rings (SSSR count). The molecule has 4 N–H and O–H groups in total. The molecule has 236 valence electrons. The number of anilines is 2. The van der Waals surface area contributed by atoms with Gasteiger partial charge in [-0.2, -0.15) is 14.9 Å². The molecule has 5 aromatic rings. The fourth-order valence-electron chi connectivity index (χ4n) is 4.39. The van der Waals surface area contributed by atoms with Crippen LogP contribution in [0, 0.1) is 0 Å². The lowest BCUT2D eigenvalue weighted by atomic mass is 10.2. The van der Waals surface area contributed by atoms with Crippen LogP contribution in [0.25, 0.3) is 0 Å². The second kappa shape index (κ2) is 16.1. The Morgan fingerprint density at radius 2 is 1.07 bits per heavy atom. The molecule has 0 amide bonds. The number of nitrogens with zero attached hydrogens (tertiary/aromatic N) is 5. The molecule has 4 aromatic carbocycles. The summed E-state index contributed by atoms with van der Waals surface area (Å²) < 4.78 is 24.1. The van der Waals surface area contributed by atoms with Crippen LogP contribution in [0.4, 0.5) is 11.9 Å². The minimum Gasteiger partial charge on any atom is -0.493 e. The second-order valence-corrected chi connectivity index (χ2v) is 9.95. The van der Waals surface area contributed by atoms with Crippen molar-refractivity contribution in [3.63, 3.8) is 0 Å². The molecule has 0 aliphatic carbocycles. The van der Waals surface area contributed by atoms with Gasteiger partial charge in [0.2, 0.25) is 0 Å². The van der Waals surface area contributed by atoms with Crippen molar-refractivity contribution >= 4 is 24.3 Å². The summed E-state index contributed by atoms with van der Waals surface area (Å²) in [7, 11) is 3.20. The molecule has 1 aromatic heterocycles. The van der Waals surface area contributed by atoms with E-state index in [1.54, 1.807) is 26.6 Å². The summed E-state index contributed by atoms with van der Waals surface area (Å²) in [6.45, 7) is 1.07. The van der Waals surface area contributed by atoms with E-state index in [0.717, 1.165) is 24.0 Å². The van der Waals surface area contributed by atoms with E-state index < -0.39 is 0 Å². The van der Waals surface area contributed by atoms with Gasteiger partial charge in [-0.05, 0) is 58.7 Å². The maximum atomic E-state index is 6.12. The SMILES string of the molecule is COc1cc(/C=N/Nc2nnc(N/N=C/c3ccc(OCCc4ccccc4)c(OC)c3)n2N)ccc1OCCc1ccccc1. The largest absolute Gasteiger partial charge is 0.493 e. The van der Waals surface area contributed by atoms with Crippen molar-refractivity contribution in [2.24, 2.45) is 10.2 Å². The Kier molecular flexibility index (Phi) is 11.0. The van der Waals surface area contributed by atoms with Crippen LogP contribution in [0.1, 0.15) is 22.3 Å². The molecule has 0 fully saturated rings. The van der Waals surface area contributed by atoms with Gasteiger partial charge in [-0.1, -0.05) is 60.7 Å². The highest BCUT2D eigenvalue weighted by atomic mass is 16.5. The first-order valence-electron chi connectivity index (χ1n) is 14.6. The highest BCUT2D eigenvalue weighted by Gasteiger charge is 2.09. The normalized spacial score (nSPS) is 11.1. The lowest BCUT2D eigenvalue weighted by Gasteiger charge is -2.11. The van der Waals surface area contributed by atoms with Crippen LogP contribution in [0.15, 0.2) is 107 Å². The van der Waals surface area contributed by atoms with Gasteiger partial charge < -0.3 is 24.8 Å². The Morgan fingerprint density at radius 3 is 1.48 bits per heavy atom. The fourth-order valence-corrected chi connectivity index (χ4v) is 4.39. The Morgan fingerprint density at radius 1 is 0.630 bits per heavy atom. The average molecular weight is 621 g/mol. The summed E-state index contributed by atoms with van der Waals surface area (Å²) in [5.74, 6) is 9.05. The van der Waals surface area contributed by atoms with E-state index in [1.165, 1.54) is 15.8 Å². The van der Waals surface area contributed by atoms with Crippen LogP contribution in [0.3, 0.4) is 0 Å². The van der Waals surface area contributed by atoms with Crippen molar-refractivity contribution in [3.8, 4) is 23.0 Å². The highest BCUT2D eigenvalue weighted by Crippen LogP contribution is 2.29. The third-order valence-electron chi connectivity index (χ3n) is 6.81. The third kappa shape index (κ3) is 8.76. The molecule has 0 radical (unpaired) electrons. The topological polar surface area (TPSA) is 142 Å². The first-order chi connectivity index (χ1) is 22.6. The van der Waals surface area contributed by atoms with Crippen molar-refractivity contribution in [3.05, 3.63) is 119 Å². The van der Waals surface area contributed by atoms with Crippen molar-refractivity contribution < 1.29 is 18.9 Å². The highest BCUT2D eigenvalue weighted by molar-refractivity contribution is 5.82. The fraction of sp³-hybridized carbons (Fsp3) is 0.176. The average Bonchev–Trinajstić information content (AvgIpc) is 3.44. The molecule has 0 unspecified atom stereocenters. The third-order valence-corrected chi connectivity index (χ3v) is 6.81. The molecule has 0 aliphatic heterocycles. The van der Waals surface area contributed by atoms with E-state index in [9.17, 15) is 0 Å². The quantitative estimate of drug-likeness (QED) is 0.0776. The van der Waals surface area contributed by atoms with Crippen LogP contribution < -0.4 is 35.6 Å². The van der Waals surface area contributed by atoms with Crippen molar-refractivity contribution in [2.75, 3.05) is 44.1 Å². The van der Waals surface area contributed by atoms with Gasteiger partial charge in [-0.15, -0.1) is 10.2 Å². The van der Waals surface area contributed by atoms with Crippen LogP contribution in [-0.4, -0.2) is 54.7 Å². The van der Waals surface area contributed by atoms with E-state index in [4.69, 9.17) is 24.8 Å². The van der Waals surface area contributed by atoms with E-state index in [-0.39, 0.29) is 11.9 Å². The molecule has 12 nitrogen and oxygen atoms in total. The number of nitrogens with one attached hydrogen (secondary N) is 2. The minimum atomic E-state index is 0.209. The van der Waals surface area contributed by atoms with E-state index in [2.05, 4.69) is 55.5 Å². The molecule has 1 heterocycles. The summed E-state index contributed by atoms with van der Waals surface area (Å²) >= 11 is 0. The lowest BCUT2D eigenvalue weighted by Crippen LogP contribution is -2.14. The Balaban J connectivity index is 1.11. The standard InChI is InChI=1S/C34H36N8O4/c1-43-31-21-27(13-15-29(31)45-19-17-25-9-5-3-6-10-25)23-36-38-33-40-41-34(42(33)35)39-37-24-28-14-16-30(32(22-28)44-2)46-20-18-26-11-7-4-8-12-26/h3-16,21-24H,17-20,35H2,1-2H3,(H,38,40)(H,39,41)/b36-23+,37-24+. The number of rotatable bonds is 16. The van der Waals surface area contributed by atoms with Gasteiger partial charge in [-0.3, -0.25) is 0 Å². The summed E-state index contributed by atoms with van der Waals surface area (Å²) in [5, 5.41) is 16.5. The minimum absolute atomic E-state index is 0.209. The van der Waals surface area contributed by atoms with Gasteiger partial charge >= 0.3 is 0 Å². The molecule has 12 heteroatoms. The smallest absolute Gasteiger partial charge is 0.265 e. The molecule has 0 saturated carbocycles. The summed E-state index contributed by atoms with van der Waals surface area (Å²) in [6.07, 6.45) is 4.82. The number of hydrazone groups is 2. The number of hydrogen-bond acceptors (Lipinski definition) is 11. The molecule has 46 heavy (non-hydrogen) atoms. The van der Waals surface area contributed by atoms with Gasteiger partial charge in [0.25, 0.3) is 11.9 Å². The Hall–Kier alpha value is -6.04. The molecular formula is C34H36N8O4. The van der Waals surface area contributed by atoms with Gasteiger partial charge in [-0.25, -0.2) is 10.9 Å². The summed E-state index contributed by atoms with van der Waals surface area (Å²) in [4.78, 5) is 0. The molecular weight excluding hydrogens is 584 g/mol. The molecule has 0 bridgehead atoms. The van der Waals surface area contributed by atoms with Crippen LogP contribution in [0.2, 0.25) is 0 Å². The van der Waals surface area contributed by atoms with Gasteiger partial charge in [0.15, 0.2) is 23.0 Å².